The van der Waals surface area contributed by atoms with E-state index in [1.807, 2.05) is 0 Å². The number of halogens is 2. The van der Waals surface area contributed by atoms with Gasteiger partial charge in [0.25, 0.3) is 11.8 Å². The molecular formula is C16H15Cl2N5O2. The summed E-state index contributed by atoms with van der Waals surface area (Å²) in [5.74, 6) is -0.577. The lowest BCUT2D eigenvalue weighted by atomic mass is 10.2. The summed E-state index contributed by atoms with van der Waals surface area (Å²) >= 11 is 11.9. The van der Waals surface area contributed by atoms with E-state index >= 15 is 0 Å². The number of pyridine rings is 1. The molecule has 9 heteroatoms. The lowest BCUT2D eigenvalue weighted by Crippen LogP contribution is -2.26. The van der Waals surface area contributed by atoms with Gasteiger partial charge in [0.15, 0.2) is 0 Å². The van der Waals surface area contributed by atoms with Gasteiger partial charge in [-0.15, -0.1) is 0 Å². The Labute approximate surface area is 154 Å². The van der Waals surface area contributed by atoms with Crippen molar-refractivity contribution in [2.75, 3.05) is 18.9 Å². The number of hydrazone groups is 1. The number of anilines is 1. The fourth-order valence-corrected chi connectivity index (χ4v) is 2.31. The van der Waals surface area contributed by atoms with Gasteiger partial charge in [0, 0.05) is 36.3 Å². The fourth-order valence-electron chi connectivity index (χ4n) is 1.85. The molecule has 3 N–H and O–H groups in total. The monoisotopic (exact) mass is 379 g/mol. The van der Waals surface area contributed by atoms with Crippen molar-refractivity contribution in [1.82, 2.24) is 15.7 Å². The highest BCUT2D eigenvalue weighted by molar-refractivity contribution is 6.38. The summed E-state index contributed by atoms with van der Waals surface area (Å²) in [6.45, 7) is -0.0215. The summed E-state index contributed by atoms with van der Waals surface area (Å²) in [6.07, 6.45) is 4.20. The van der Waals surface area contributed by atoms with Crippen molar-refractivity contribution in [3.8, 4) is 0 Å². The quantitative estimate of drug-likeness (QED) is 0.530. The zero-order chi connectivity index (χ0) is 18.2. The van der Waals surface area contributed by atoms with Crippen LogP contribution in [0.4, 0.5) is 5.69 Å². The van der Waals surface area contributed by atoms with Crippen LogP contribution in [0.15, 0.2) is 41.8 Å². The molecule has 0 atom stereocenters. The van der Waals surface area contributed by atoms with Gasteiger partial charge in [-0.2, -0.15) is 5.10 Å². The minimum Gasteiger partial charge on any atom is -0.376 e. The molecule has 1 aromatic heterocycles. The Morgan fingerprint density at radius 3 is 2.64 bits per heavy atom. The molecule has 0 unspecified atom stereocenters. The van der Waals surface area contributed by atoms with E-state index in [-0.39, 0.29) is 18.4 Å². The molecule has 0 radical (unpaired) electrons. The summed E-state index contributed by atoms with van der Waals surface area (Å²) in [7, 11) is 1.55. The predicted molar refractivity (Wildman–Crippen MR) is 98.3 cm³/mol. The first-order valence-electron chi connectivity index (χ1n) is 7.18. The molecular weight excluding hydrogens is 365 g/mol. The Morgan fingerprint density at radius 2 is 1.96 bits per heavy atom. The third-order valence-electron chi connectivity index (χ3n) is 3.08. The summed E-state index contributed by atoms with van der Waals surface area (Å²) in [5.41, 5.74) is 3.95. The summed E-state index contributed by atoms with van der Waals surface area (Å²) in [5, 5.41) is 9.91. The number of nitrogens with zero attached hydrogens (tertiary/aromatic N) is 2. The number of rotatable bonds is 6. The lowest BCUT2D eigenvalue weighted by Gasteiger charge is -2.07. The largest absolute Gasteiger partial charge is 0.376 e. The predicted octanol–water partition coefficient (Wildman–Crippen LogP) is 2.31. The molecule has 0 aliphatic rings. The molecule has 0 spiro atoms. The maximum Gasteiger partial charge on any atom is 0.259 e. The van der Waals surface area contributed by atoms with Gasteiger partial charge in [0.2, 0.25) is 0 Å². The van der Waals surface area contributed by atoms with Gasteiger partial charge in [0.1, 0.15) is 0 Å². The van der Waals surface area contributed by atoms with E-state index in [1.165, 1.54) is 18.6 Å². The van der Waals surface area contributed by atoms with Crippen molar-refractivity contribution in [3.63, 3.8) is 0 Å². The van der Waals surface area contributed by atoms with E-state index in [2.05, 4.69) is 26.1 Å². The van der Waals surface area contributed by atoms with Crippen LogP contribution in [0, 0.1) is 0 Å². The standard InChI is InChI=1S/C16H15Cl2N5O2/c1-19-16(25)10-3-2-4-11(5-10)21-9-15(24)23-22-6-12-13(17)7-20-8-14(12)18/h2-8,21H,9H2,1H3,(H,19,25)(H,23,24). The highest BCUT2D eigenvalue weighted by Gasteiger charge is 2.06. The highest BCUT2D eigenvalue weighted by Crippen LogP contribution is 2.20. The molecule has 1 heterocycles. The Bertz CT molecular complexity index is 791. The second-order valence-electron chi connectivity index (χ2n) is 4.82. The molecule has 0 bridgehead atoms. The Kier molecular flexibility index (Phi) is 6.73. The van der Waals surface area contributed by atoms with Gasteiger partial charge in [-0.05, 0) is 18.2 Å². The molecule has 0 aliphatic heterocycles. The molecule has 0 saturated heterocycles. The number of nitrogens with one attached hydrogen (secondary N) is 3. The molecule has 2 amide bonds. The van der Waals surface area contributed by atoms with Gasteiger partial charge >= 0.3 is 0 Å². The number of hydrogen-bond donors (Lipinski definition) is 3. The van der Waals surface area contributed by atoms with E-state index in [9.17, 15) is 9.59 Å². The summed E-state index contributed by atoms with van der Waals surface area (Å²) < 4.78 is 0. The van der Waals surface area contributed by atoms with Gasteiger partial charge in [-0.3, -0.25) is 14.6 Å². The minimum atomic E-state index is -0.372. The second kappa shape index (κ2) is 9.00. The van der Waals surface area contributed by atoms with Crippen molar-refractivity contribution in [1.29, 1.82) is 0 Å². The highest BCUT2D eigenvalue weighted by atomic mass is 35.5. The van der Waals surface area contributed by atoms with Crippen LogP contribution in [-0.2, 0) is 4.79 Å². The van der Waals surface area contributed by atoms with E-state index in [4.69, 9.17) is 23.2 Å². The number of amides is 2. The first kappa shape index (κ1) is 18.7. The zero-order valence-corrected chi connectivity index (χ0v) is 14.7. The van der Waals surface area contributed by atoms with Crippen LogP contribution in [0.25, 0.3) is 0 Å². The maximum absolute atomic E-state index is 11.8. The molecule has 25 heavy (non-hydrogen) atoms. The molecule has 0 saturated carbocycles. The average molecular weight is 380 g/mol. The molecule has 2 aromatic rings. The molecule has 1 aromatic carbocycles. The smallest absolute Gasteiger partial charge is 0.259 e. The average Bonchev–Trinajstić information content (AvgIpc) is 2.62. The van der Waals surface area contributed by atoms with Gasteiger partial charge < -0.3 is 10.6 Å². The lowest BCUT2D eigenvalue weighted by molar-refractivity contribution is -0.119. The summed E-state index contributed by atoms with van der Waals surface area (Å²) in [6, 6.07) is 6.79. The van der Waals surface area contributed by atoms with Gasteiger partial charge in [-0.25, -0.2) is 5.43 Å². The van der Waals surface area contributed by atoms with Crippen LogP contribution in [0.1, 0.15) is 15.9 Å². The van der Waals surface area contributed by atoms with Crippen LogP contribution < -0.4 is 16.1 Å². The normalized spacial score (nSPS) is 10.5. The number of carbonyl (C=O) groups excluding carboxylic acids is 2. The summed E-state index contributed by atoms with van der Waals surface area (Å²) in [4.78, 5) is 27.2. The van der Waals surface area contributed by atoms with Crippen LogP contribution in [0.3, 0.4) is 0 Å². The fraction of sp³-hybridized carbons (Fsp3) is 0.125. The Morgan fingerprint density at radius 1 is 1.24 bits per heavy atom. The Balaban J connectivity index is 1.89. The molecule has 130 valence electrons. The maximum atomic E-state index is 11.8. The van der Waals surface area contributed by atoms with Crippen molar-refractivity contribution >= 4 is 46.9 Å². The SMILES string of the molecule is CNC(=O)c1cccc(NCC(=O)NN=Cc2c(Cl)cncc2Cl)c1. The number of benzene rings is 1. The van der Waals surface area contributed by atoms with Crippen LogP contribution in [0.5, 0.6) is 0 Å². The van der Waals surface area contributed by atoms with Gasteiger partial charge in [-0.1, -0.05) is 29.3 Å². The minimum absolute atomic E-state index is 0.0215. The van der Waals surface area contributed by atoms with Crippen molar-refractivity contribution in [2.24, 2.45) is 5.10 Å². The van der Waals surface area contributed by atoms with E-state index in [1.54, 1.807) is 31.3 Å². The molecule has 7 nitrogen and oxygen atoms in total. The molecule has 0 fully saturated rings. The number of hydrogen-bond acceptors (Lipinski definition) is 5. The van der Waals surface area contributed by atoms with Crippen molar-refractivity contribution < 1.29 is 9.59 Å². The van der Waals surface area contributed by atoms with Crippen molar-refractivity contribution in [3.05, 3.63) is 57.8 Å². The second-order valence-corrected chi connectivity index (χ2v) is 5.64. The first-order chi connectivity index (χ1) is 12.0. The Hall–Kier alpha value is -2.64. The van der Waals surface area contributed by atoms with E-state index < -0.39 is 0 Å². The van der Waals surface area contributed by atoms with Crippen molar-refractivity contribution in [2.45, 2.75) is 0 Å². The van der Waals surface area contributed by atoms with Gasteiger partial charge in [0.05, 0.1) is 22.8 Å². The van der Waals surface area contributed by atoms with Crippen LogP contribution >= 0.6 is 23.2 Å². The molecule has 0 aliphatic carbocycles. The topological polar surface area (TPSA) is 95.5 Å². The number of carbonyl (C=O) groups is 2. The zero-order valence-electron chi connectivity index (χ0n) is 13.2. The van der Waals surface area contributed by atoms with E-state index in [0.29, 0.717) is 26.9 Å². The van der Waals surface area contributed by atoms with Crippen LogP contribution in [-0.4, -0.2) is 36.6 Å². The third kappa shape index (κ3) is 5.44. The third-order valence-corrected chi connectivity index (χ3v) is 3.68. The number of aromatic nitrogens is 1. The van der Waals surface area contributed by atoms with E-state index in [0.717, 1.165) is 0 Å². The van der Waals surface area contributed by atoms with Crippen LogP contribution in [0.2, 0.25) is 10.0 Å². The first-order valence-corrected chi connectivity index (χ1v) is 7.93. The molecule has 2 rings (SSSR count).